The Hall–Kier alpha value is -2.56. The summed E-state index contributed by atoms with van der Waals surface area (Å²) in [6, 6.07) is 8.17. The Morgan fingerprint density at radius 2 is 1.89 bits per heavy atom. The number of benzene rings is 1. The molecular weight excluding hydrogens is 340 g/mol. The van der Waals surface area contributed by atoms with Gasteiger partial charge in [0.05, 0.1) is 0 Å². The molecule has 3 aliphatic rings. The number of aromatic amines is 1. The third-order valence-electron chi connectivity index (χ3n) is 5.96. The van der Waals surface area contributed by atoms with E-state index < -0.39 is 0 Å². The normalized spacial score (nSPS) is 18.9. The molecule has 2 heterocycles. The molecule has 0 unspecified atom stereocenters. The zero-order valence-electron chi connectivity index (χ0n) is 15.4. The van der Waals surface area contributed by atoms with Crippen molar-refractivity contribution in [3.63, 3.8) is 0 Å². The van der Waals surface area contributed by atoms with Crippen LogP contribution < -0.4 is 0 Å². The smallest absolute Gasteiger partial charge is 0.331 e. The Balaban J connectivity index is 1.22. The van der Waals surface area contributed by atoms with E-state index in [9.17, 15) is 9.59 Å². The van der Waals surface area contributed by atoms with Crippen LogP contribution in [0.15, 0.2) is 35.9 Å². The third-order valence-corrected chi connectivity index (χ3v) is 5.96. The summed E-state index contributed by atoms with van der Waals surface area (Å²) < 4.78 is 5.29. The SMILES string of the molecule is O=C(C=C(C1CC1)C1CC1)OCC(=O)N1CCc2[nH]c3ccccc3c2C1. The summed E-state index contributed by atoms with van der Waals surface area (Å²) in [7, 11) is 0. The van der Waals surface area contributed by atoms with E-state index >= 15 is 0 Å². The molecule has 140 valence electrons. The maximum Gasteiger partial charge on any atom is 0.331 e. The van der Waals surface area contributed by atoms with Gasteiger partial charge in [0.2, 0.25) is 0 Å². The number of aromatic nitrogens is 1. The molecule has 2 aromatic rings. The predicted octanol–water partition coefficient (Wildman–Crippen LogP) is 3.34. The first kappa shape index (κ1) is 16.6. The van der Waals surface area contributed by atoms with Gasteiger partial charge in [-0.25, -0.2) is 4.79 Å². The highest BCUT2D eigenvalue weighted by Crippen LogP contribution is 2.48. The Labute approximate surface area is 158 Å². The standard InChI is InChI=1S/C22H24N2O3/c25-21(13-27-22(26)11-17(14-5-6-14)15-7-8-15)24-10-9-20-18(12-24)16-3-1-2-4-19(16)23-20/h1-4,11,14-15,23H,5-10,12-13H2. The fourth-order valence-electron chi connectivity index (χ4n) is 4.18. The van der Waals surface area contributed by atoms with Gasteiger partial charge in [-0.05, 0) is 43.6 Å². The number of carbonyl (C=O) groups is 2. The molecule has 27 heavy (non-hydrogen) atoms. The number of carbonyl (C=O) groups excluding carboxylic acids is 2. The Kier molecular flexibility index (Phi) is 4.03. The first-order valence-corrected chi connectivity index (χ1v) is 9.93. The van der Waals surface area contributed by atoms with E-state index in [1.54, 1.807) is 11.0 Å². The molecule has 1 aliphatic heterocycles. The van der Waals surface area contributed by atoms with Crippen LogP contribution in [0.5, 0.6) is 0 Å². The number of H-pyrrole nitrogens is 1. The Morgan fingerprint density at radius 1 is 1.15 bits per heavy atom. The van der Waals surface area contributed by atoms with Crippen LogP contribution in [-0.2, 0) is 27.3 Å². The monoisotopic (exact) mass is 364 g/mol. The maximum absolute atomic E-state index is 12.6. The highest BCUT2D eigenvalue weighted by molar-refractivity contribution is 5.88. The van der Waals surface area contributed by atoms with E-state index in [2.05, 4.69) is 17.1 Å². The number of nitrogens with zero attached hydrogens (tertiary/aromatic N) is 1. The van der Waals surface area contributed by atoms with Crippen LogP contribution in [0.25, 0.3) is 10.9 Å². The summed E-state index contributed by atoms with van der Waals surface area (Å²) in [5, 5.41) is 1.17. The molecule has 0 atom stereocenters. The van der Waals surface area contributed by atoms with Gasteiger partial charge in [0.15, 0.2) is 6.61 Å². The minimum absolute atomic E-state index is 0.118. The summed E-state index contributed by atoms with van der Waals surface area (Å²) in [5.74, 6) is 0.695. The molecule has 5 rings (SSSR count). The highest BCUT2D eigenvalue weighted by atomic mass is 16.5. The lowest BCUT2D eigenvalue weighted by Crippen LogP contribution is -2.38. The first-order chi connectivity index (χ1) is 13.2. The lowest BCUT2D eigenvalue weighted by molar-refractivity contribution is -0.148. The highest BCUT2D eigenvalue weighted by Gasteiger charge is 2.37. The molecule has 2 fully saturated rings. The fraction of sp³-hybridized carbons (Fsp3) is 0.455. The maximum atomic E-state index is 12.6. The fourth-order valence-corrected chi connectivity index (χ4v) is 4.18. The van der Waals surface area contributed by atoms with Gasteiger partial charge in [0, 0.05) is 47.7 Å². The molecule has 0 radical (unpaired) electrons. The van der Waals surface area contributed by atoms with E-state index in [0.717, 1.165) is 11.9 Å². The molecule has 0 spiro atoms. The summed E-state index contributed by atoms with van der Waals surface area (Å²) in [6.45, 7) is 1.05. The van der Waals surface area contributed by atoms with Crippen molar-refractivity contribution >= 4 is 22.8 Å². The molecule has 0 bridgehead atoms. The van der Waals surface area contributed by atoms with Gasteiger partial charge >= 0.3 is 5.97 Å². The Morgan fingerprint density at radius 3 is 2.63 bits per heavy atom. The van der Waals surface area contributed by atoms with E-state index in [1.165, 1.54) is 47.9 Å². The second-order valence-corrected chi connectivity index (χ2v) is 7.99. The van der Waals surface area contributed by atoms with Gasteiger partial charge < -0.3 is 14.6 Å². The van der Waals surface area contributed by atoms with Gasteiger partial charge in [0.1, 0.15) is 0 Å². The third kappa shape index (κ3) is 3.38. The average molecular weight is 364 g/mol. The van der Waals surface area contributed by atoms with E-state index in [-0.39, 0.29) is 18.5 Å². The summed E-state index contributed by atoms with van der Waals surface area (Å²) in [5.41, 5.74) is 4.76. The number of hydrogen-bond donors (Lipinski definition) is 1. The lowest BCUT2D eigenvalue weighted by atomic mass is 10.0. The number of esters is 1. The predicted molar refractivity (Wildman–Crippen MR) is 102 cm³/mol. The molecular formula is C22H24N2O3. The van der Waals surface area contributed by atoms with Crippen molar-refractivity contribution in [2.24, 2.45) is 11.8 Å². The number of hydrogen-bond acceptors (Lipinski definition) is 3. The van der Waals surface area contributed by atoms with Crippen LogP contribution in [0.1, 0.15) is 36.9 Å². The number of ether oxygens (including phenoxy) is 1. The van der Waals surface area contributed by atoms with Gasteiger partial charge in [0.25, 0.3) is 5.91 Å². The number of nitrogens with one attached hydrogen (secondary N) is 1. The van der Waals surface area contributed by atoms with E-state index in [0.29, 0.717) is 24.9 Å². The first-order valence-electron chi connectivity index (χ1n) is 9.93. The number of rotatable bonds is 5. The van der Waals surface area contributed by atoms with E-state index in [1.807, 2.05) is 12.1 Å². The van der Waals surface area contributed by atoms with Gasteiger partial charge in [-0.3, -0.25) is 4.79 Å². The molecule has 5 nitrogen and oxygen atoms in total. The quantitative estimate of drug-likeness (QED) is 0.654. The number of para-hydroxylation sites is 1. The largest absolute Gasteiger partial charge is 0.452 e. The molecule has 1 aromatic carbocycles. The van der Waals surface area contributed by atoms with Crippen molar-refractivity contribution in [2.75, 3.05) is 13.2 Å². The molecule has 1 N–H and O–H groups in total. The molecule has 5 heteroatoms. The average Bonchev–Trinajstić information content (AvgIpc) is 3.60. The molecule has 2 aliphatic carbocycles. The van der Waals surface area contributed by atoms with Gasteiger partial charge in [-0.15, -0.1) is 0 Å². The van der Waals surface area contributed by atoms with Crippen LogP contribution in [-0.4, -0.2) is 34.9 Å². The van der Waals surface area contributed by atoms with Crippen molar-refractivity contribution in [3.8, 4) is 0 Å². The van der Waals surface area contributed by atoms with Crippen LogP contribution >= 0.6 is 0 Å². The zero-order chi connectivity index (χ0) is 18.4. The zero-order valence-corrected chi connectivity index (χ0v) is 15.4. The topological polar surface area (TPSA) is 62.4 Å². The van der Waals surface area contributed by atoms with Gasteiger partial charge in [-0.2, -0.15) is 0 Å². The molecule has 2 saturated carbocycles. The van der Waals surface area contributed by atoms with Crippen LogP contribution in [0, 0.1) is 11.8 Å². The van der Waals surface area contributed by atoms with E-state index in [4.69, 9.17) is 4.74 Å². The minimum atomic E-state index is -0.359. The van der Waals surface area contributed by atoms with Crippen LogP contribution in [0.3, 0.4) is 0 Å². The summed E-state index contributed by atoms with van der Waals surface area (Å²) in [4.78, 5) is 30.0. The van der Waals surface area contributed by atoms with Crippen molar-refractivity contribution in [1.82, 2.24) is 9.88 Å². The number of fused-ring (bicyclic) bond motifs is 3. The second-order valence-electron chi connectivity index (χ2n) is 7.99. The lowest BCUT2D eigenvalue weighted by Gasteiger charge is -2.27. The molecule has 1 amide bonds. The second kappa shape index (κ2) is 6.55. The number of amides is 1. The number of allylic oxidation sites excluding steroid dienone is 1. The molecule has 0 saturated heterocycles. The Bertz CT molecular complexity index is 920. The van der Waals surface area contributed by atoms with Crippen molar-refractivity contribution in [1.29, 1.82) is 0 Å². The molecule has 1 aromatic heterocycles. The van der Waals surface area contributed by atoms with Crippen LogP contribution in [0.4, 0.5) is 0 Å². The summed E-state index contributed by atoms with van der Waals surface area (Å²) in [6.07, 6.45) is 7.23. The van der Waals surface area contributed by atoms with Crippen LogP contribution in [0.2, 0.25) is 0 Å². The van der Waals surface area contributed by atoms with Crippen molar-refractivity contribution in [3.05, 3.63) is 47.2 Å². The van der Waals surface area contributed by atoms with Crippen molar-refractivity contribution < 1.29 is 14.3 Å². The minimum Gasteiger partial charge on any atom is -0.452 e. The van der Waals surface area contributed by atoms with Crippen molar-refractivity contribution in [2.45, 2.75) is 38.6 Å². The summed E-state index contributed by atoms with van der Waals surface area (Å²) >= 11 is 0. The van der Waals surface area contributed by atoms with Gasteiger partial charge in [-0.1, -0.05) is 23.8 Å².